The standard InChI is InChI=1S/C17H17N7O3S2.C17H13N7O2S.C16H11N7OS.C14H11N7OS.C12H12N6S.CH4/c1-24(2)29(25,26)12-5-3-4-11(8-12)13-6-7-14(27-13)16-20-17(23-22-16)28-9-15-18-10-19-21-15;25-24(26)14-7-12(11-4-2-1-3-5-11)6-13(8-14)16-20-17(23-22-16)27-9-15-18-10-19-21-15;17-7-10-1-3-11(4-2-10)12-5-6-13(24-12)15-20-16(23-22-15)25-8-14-18-9-19-21-14;1-2-9(6-15-5-1)10-3-4-11(22-10)13-18-14(21-20-13)23-7-12-16-8-17-19-12;1-8-3-2-4-9(5-8)11-15-12(18-17-11)19-6-10-13-7-14-16-10;/h3-8,10H,9H2,1-2H3,(H,18,19,21)(H,20,22,23);1-8,10H,9H2,(H,18,19,21)(H,20,22,23);1-6,9H,8H2,(H,18,19,21)(H,20,22,23);1-6,8H,7H2,(H,16,17,19)(H,18,20,21);2-5,7H,6H2,1H3,(H,13,14,16)(H,15,17,18);1H4. The summed E-state index contributed by atoms with van der Waals surface area (Å²) >= 11 is 7.20. The summed E-state index contributed by atoms with van der Waals surface area (Å²) < 4.78 is 43.4. The van der Waals surface area contributed by atoms with Gasteiger partial charge < -0.3 is 13.3 Å². The quantitative estimate of drug-likeness (QED) is 0.0130. The second-order valence-electron chi connectivity index (χ2n) is 25.4. The van der Waals surface area contributed by atoms with Crippen molar-refractivity contribution in [1.82, 2.24) is 161 Å². The van der Waals surface area contributed by atoms with Gasteiger partial charge in [-0.3, -0.25) is 66.1 Å². The Bertz CT molecular complexity index is 6690. The van der Waals surface area contributed by atoms with Gasteiger partial charge in [-0.15, -0.1) is 25.5 Å². The van der Waals surface area contributed by atoms with Crippen LogP contribution in [0.1, 0.15) is 47.7 Å². The van der Waals surface area contributed by atoms with E-state index in [0.717, 1.165) is 62.7 Å². The number of pyridine rings is 1. The first-order chi connectivity index (χ1) is 60.1. The van der Waals surface area contributed by atoms with E-state index in [2.05, 4.69) is 182 Å². The lowest BCUT2D eigenvalue weighted by molar-refractivity contribution is -0.384. The molecule has 0 aliphatic heterocycles. The first-order valence-corrected chi connectivity index (χ1v) is 42.6. The largest absolute Gasteiger partial charge is 0.453 e. The Labute approximate surface area is 723 Å². The number of aryl methyl sites for hydroxylation is 1. The van der Waals surface area contributed by atoms with Gasteiger partial charge in [-0.25, -0.2) is 47.6 Å². The normalized spacial score (nSPS) is 11.0. The maximum atomic E-state index is 12.4. The van der Waals surface area contributed by atoms with Crippen molar-refractivity contribution in [2.75, 3.05) is 14.1 Å². The number of sulfonamides is 1. The summed E-state index contributed by atoms with van der Waals surface area (Å²) in [6, 6.07) is 53.2. The molecule has 0 spiro atoms. The number of benzene rings is 5. The number of aromatic amines is 10. The fraction of sp³-hybridized carbons (Fsp3) is 0.117. The molecule has 0 aliphatic carbocycles. The van der Waals surface area contributed by atoms with Crippen molar-refractivity contribution >= 4 is 74.5 Å². The molecule has 47 heteroatoms. The Morgan fingerprint density at radius 2 is 0.790 bits per heavy atom. The Morgan fingerprint density at radius 1 is 0.403 bits per heavy atom. The zero-order valence-electron chi connectivity index (χ0n) is 64.3. The van der Waals surface area contributed by atoms with Crippen LogP contribution in [0.2, 0.25) is 0 Å². The van der Waals surface area contributed by atoms with Crippen molar-refractivity contribution in [1.29, 1.82) is 5.26 Å². The Morgan fingerprint density at radius 3 is 1.20 bits per heavy atom. The summed E-state index contributed by atoms with van der Waals surface area (Å²) in [5, 5.41) is 91.3. The average molecular weight is 1770 g/mol. The molecule has 14 aromatic heterocycles. The molecular weight excluding hydrogens is 1710 g/mol. The van der Waals surface area contributed by atoms with E-state index < -0.39 is 14.9 Å². The fourth-order valence-electron chi connectivity index (χ4n) is 10.9. The smallest absolute Gasteiger partial charge is 0.270 e. The van der Waals surface area contributed by atoms with Crippen LogP contribution in [0.25, 0.3) is 103 Å². The van der Waals surface area contributed by atoms with Gasteiger partial charge in [-0.1, -0.05) is 132 Å². The van der Waals surface area contributed by atoms with E-state index in [1.54, 1.807) is 67.0 Å². The summed E-state index contributed by atoms with van der Waals surface area (Å²) in [5.74, 6) is 13.4. The number of nitrogens with zero attached hydrogens (tertiary/aromatic N) is 24. The van der Waals surface area contributed by atoms with E-state index in [-0.39, 0.29) is 18.0 Å². The molecule has 0 saturated carbocycles. The van der Waals surface area contributed by atoms with Crippen LogP contribution >= 0.6 is 58.8 Å². The van der Waals surface area contributed by atoms with Crippen LogP contribution in [-0.4, -0.2) is 189 Å². The molecule has 0 saturated heterocycles. The van der Waals surface area contributed by atoms with Crippen LogP contribution in [0.4, 0.5) is 5.69 Å². The number of hydrogen-bond acceptors (Lipinski definition) is 34. The summed E-state index contributed by atoms with van der Waals surface area (Å²) in [6.45, 7) is 2.05. The Balaban J connectivity index is 0.000000127. The zero-order chi connectivity index (χ0) is 84.7. The second kappa shape index (κ2) is 41.3. The maximum Gasteiger partial charge on any atom is 0.270 e. The summed E-state index contributed by atoms with van der Waals surface area (Å²) in [4.78, 5) is 57.6. The summed E-state index contributed by atoms with van der Waals surface area (Å²) in [7, 11) is -0.536. The van der Waals surface area contributed by atoms with Gasteiger partial charge in [0.05, 0.1) is 50.2 Å². The number of nitriles is 1. The van der Waals surface area contributed by atoms with E-state index >= 15 is 0 Å². The number of nitrogens with one attached hydrogen (secondary N) is 10. The third-order valence-electron chi connectivity index (χ3n) is 16.8. The molecule has 0 fully saturated rings. The number of hydrogen-bond donors (Lipinski definition) is 10. The molecule has 41 nitrogen and oxygen atoms in total. The molecule has 10 N–H and O–H groups in total. The highest BCUT2D eigenvalue weighted by molar-refractivity contribution is 7.99. The SMILES string of the molecule is C.CN(C)S(=O)(=O)c1cccc(-c2ccc(-c3nc(SCc4ncn[nH]4)n[nH]3)o2)c1.Cc1cccc(-c2nc(SCc3ncn[nH]3)n[nH]2)c1.N#Cc1ccc(-c2ccc(-c3nc(SCc4ncn[nH]4)n[nH]3)o2)cc1.O=[N+]([O-])c1cc(-c2ccccc2)cc(-c2nc(SCc3ncn[nH]3)n[nH]2)c1.c1cncc(-c2ccc(-c3nc(SCc4ncn[nH]4)n[nH]3)o2)c1. The number of thioether (sulfide) groups is 5. The van der Waals surface area contributed by atoms with Gasteiger partial charge in [0, 0.05) is 66.4 Å². The molecule has 0 aliphatic rings. The van der Waals surface area contributed by atoms with Gasteiger partial charge in [0.2, 0.25) is 35.8 Å². The van der Waals surface area contributed by atoms with E-state index in [4.69, 9.17) is 18.5 Å². The average Bonchev–Trinajstić information content (AvgIpc) is 0.959. The summed E-state index contributed by atoms with van der Waals surface area (Å²) in [5.41, 5.74) is 7.54. The molecule has 14 heterocycles. The van der Waals surface area contributed by atoms with E-state index in [1.165, 1.54) is 120 Å². The lowest BCUT2D eigenvalue weighted by Gasteiger charge is -2.11. The van der Waals surface area contributed by atoms with E-state index in [9.17, 15) is 18.5 Å². The number of aromatic nitrogens is 31. The van der Waals surface area contributed by atoms with Gasteiger partial charge in [0.1, 0.15) is 78.0 Å². The van der Waals surface area contributed by atoms with E-state index in [1.807, 2.05) is 97.1 Å². The lowest BCUT2D eigenvalue weighted by Crippen LogP contribution is -2.22. The number of furan rings is 3. The van der Waals surface area contributed by atoms with Gasteiger partial charge in [-0.2, -0.15) is 45.7 Å². The van der Waals surface area contributed by atoms with Crippen LogP contribution in [0.5, 0.6) is 0 Å². The zero-order valence-corrected chi connectivity index (χ0v) is 69.2. The molecule has 5 aromatic carbocycles. The molecule has 0 bridgehead atoms. The minimum atomic E-state index is -3.53. The third-order valence-corrected chi connectivity index (χ3v) is 22.9. The third kappa shape index (κ3) is 22.9. The number of nitro benzene ring substituents is 1. The molecule has 19 rings (SSSR count). The second-order valence-corrected chi connectivity index (χ2v) is 32.3. The molecule has 0 unspecified atom stereocenters. The van der Waals surface area contributed by atoms with Crippen LogP contribution in [0.15, 0.2) is 258 Å². The molecular formula is C77H68N34O7S6. The molecule has 0 amide bonds. The molecule has 19 aromatic rings. The highest BCUT2D eigenvalue weighted by Gasteiger charge is 2.22. The molecule has 624 valence electrons. The Kier molecular flexibility index (Phi) is 28.5. The Hall–Kier alpha value is -15.0. The first-order valence-electron chi connectivity index (χ1n) is 36.3. The van der Waals surface area contributed by atoms with Crippen molar-refractivity contribution in [3.63, 3.8) is 0 Å². The van der Waals surface area contributed by atoms with Crippen molar-refractivity contribution in [3.8, 4) is 109 Å². The molecule has 0 radical (unpaired) electrons. The fourth-order valence-corrected chi connectivity index (χ4v) is 15.2. The van der Waals surface area contributed by atoms with Gasteiger partial charge in [-0.05, 0) is 115 Å². The van der Waals surface area contributed by atoms with Gasteiger partial charge in [0.25, 0.3) is 5.69 Å². The number of non-ortho nitro benzene ring substituents is 1. The van der Waals surface area contributed by atoms with Crippen LogP contribution in [-0.2, 0) is 38.8 Å². The monoisotopic (exact) mass is 1770 g/mol. The van der Waals surface area contributed by atoms with Crippen molar-refractivity contribution in [2.45, 2.75) is 73.8 Å². The van der Waals surface area contributed by atoms with Crippen LogP contribution in [0.3, 0.4) is 0 Å². The maximum absolute atomic E-state index is 12.4. The molecule has 0 atom stereocenters. The summed E-state index contributed by atoms with van der Waals surface area (Å²) in [6.07, 6.45) is 10.8. The van der Waals surface area contributed by atoms with Gasteiger partial charge >= 0.3 is 0 Å². The number of H-pyrrole nitrogens is 10. The minimum Gasteiger partial charge on any atom is -0.453 e. The first kappa shape index (κ1) is 85.5. The molecule has 124 heavy (non-hydrogen) atoms. The lowest BCUT2D eigenvalue weighted by atomic mass is 10.0. The predicted molar refractivity (Wildman–Crippen MR) is 459 cm³/mol. The number of rotatable bonds is 27. The van der Waals surface area contributed by atoms with Crippen LogP contribution in [0, 0.1) is 28.4 Å². The topological polar surface area (TPSA) is 572 Å². The highest BCUT2D eigenvalue weighted by atomic mass is 32.2. The highest BCUT2D eigenvalue weighted by Crippen LogP contribution is 2.35. The minimum absolute atomic E-state index is 0. The van der Waals surface area contributed by atoms with Gasteiger partial charge in [0.15, 0.2) is 46.4 Å². The number of nitro groups is 1. The van der Waals surface area contributed by atoms with E-state index in [0.29, 0.717) is 129 Å². The van der Waals surface area contributed by atoms with Crippen molar-refractivity contribution < 1.29 is 26.6 Å². The van der Waals surface area contributed by atoms with Crippen molar-refractivity contribution in [3.05, 3.63) is 264 Å². The van der Waals surface area contributed by atoms with Crippen LogP contribution < -0.4 is 0 Å². The van der Waals surface area contributed by atoms with Crippen molar-refractivity contribution in [2.24, 2.45) is 0 Å². The predicted octanol–water partition coefficient (Wildman–Crippen LogP) is 14.2.